The van der Waals surface area contributed by atoms with E-state index in [-0.39, 0.29) is 5.57 Å². The molecule has 0 amide bonds. The van der Waals surface area contributed by atoms with Crippen molar-refractivity contribution in [3.8, 4) is 11.4 Å². The number of carboxylic acids is 1. The van der Waals surface area contributed by atoms with Crippen LogP contribution in [-0.4, -0.2) is 28.0 Å². The molecule has 4 rings (SSSR count). The molecule has 0 spiro atoms. The molecule has 3 aromatic carbocycles. The Balaban J connectivity index is 0.000000302. The number of carbonyl (C=O) groups is 1. The van der Waals surface area contributed by atoms with E-state index in [0.29, 0.717) is 21.3 Å². The fourth-order valence-electron chi connectivity index (χ4n) is 3.12. The number of methoxy groups -OCH3 is 1. The Morgan fingerprint density at radius 3 is 2.24 bits per heavy atom. The SMILES string of the molecule is COc1ccc(-n2ccc(/C=C(\C(=O)O)c3cccc(C)c3)n2)cc1.Cc1ccc(Cl)c(Cl)c1. The second-order valence-electron chi connectivity index (χ2n) is 7.53. The van der Waals surface area contributed by atoms with Gasteiger partial charge < -0.3 is 9.84 Å². The first-order valence-electron chi connectivity index (χ1n) is 10.4. The van der Waals surface area contributed by atoms with Gasteiger partial charge in [0.05, 0.1) is 34.1 Å². The average Bonchev–Trinajstić information content (AvgIpc) is 3.29. The zero-order valence-electron chi connectivity index (χ0n) is 19.0. The smallest absolute Gasteiger partial charge is 0.336 e. The first-order chi connectivity index (χ1) is 16.3. The third-order valence-corrected chi connectivity index (χ3v) is 5.61. The van der Waals surface area contributed by atoms with Crippen molar-refractivity contribution in [1.82, 2.24) is 9.78 Å². The number of benzene rings is 3. The summed E-state index contributed by atoms with van der Waals surface area (Å²) in [6.07, 6.45) is 3.38. The summed E-state index contributed by atoms with van der Waals surface area (Å²) in [5, 5.41) is 15.2. The second kappa shape index (κ2) is 11.5. The Kier molecular flexibility index (Phi) is 8.52. The fourth-order valence-corrected chi connectivity index (χ4v) is 3.48. The highest BCUT2D eigenvalue weighted by Crippen LogP contribution is 2.22. The summed E-state index contributed by atoms with van der Waals surface area (Å²) in [7, 11) is 1.62. The van der Waals surface area contributed by atoms with Gasteiger partial charge in [0, 0.05) is 6.20 Å². The maximum Gasteiger partial charge on any atom is 0.336 e. The van der Waals surface area contributed by atoms with E-state index in [1.165, 1.54) is 0 Å². The van der Waals surface area contributed by atoms with E-state index in [1.54, 1.807) is 42.3 Å². The molecule has 0 fully saturated rings. The molecule has 174 valence electrons. The van der Waals surface area contributed by atoms with Crippen molar-refractivity contribution >= 4 is 40.8 Å². The predicted octanol–water partition coefficient (Wildman–Crippen LogP) is 7.12. The van der Waals surface area contributed by atoms with Crippen LogP contribution < -0.4 is 4.74 Å². The van der Waals surface area contributed by atoms with Crippen molar-refractivity contribution in [3.63, 3.8) is 0 Å². The third-order valence-electron chi connectivity index (χ3n) is 4.87. The summed E-state index contributed by atoms with van der Waals surface area (Å²) in [6, 6.07) is 22.2. The van der Waals surface area contributed by atoms with Gasteiger partial charge in [-0.2, -0.15) is 5.10 Å². The molecule has 0 unspecified atom stereocenters. The second-order valence-corrected chi connectivity index (χ2v) is 8.35. The Labute approximate surface area is 208 Å². The molecule has 7 heteroatoms. The van der Waals surface area contributed by atoms with Gasteiger partial charge in [-0.05, 0) is 73.5 Å². The normalized spacial score (nSPS) is 10.9. The Morgan fingerprint density at radius 1 is 0.941 bits per heavy atom. The number of carboxylic acid groups (broad SMARTS) is 1. The van der Waals surface area contributed by atoms with Crippen molar-refractivity contribution in [2.75, 3.05) is 7.11 Å². The van der Waals surface area contributed by atoms with Gasteiger partial charge in [-0.25, -0.2) is 9.48 Å². The largest absolute Gasteiger partial charge is 0.497 e. The molecule has 1 aromatic heterocycles. The van der Waals surface area contributed by atoms with Gasteiger partial charge >= 0.3 is 5.97 Å². The first-order valence-corrected chi connectivity index (χ1v) is 11.2. The highest BCUT2D eigenvalue weighted by atomic mass is 35.5. The predicted molar refractivity (Wildman–Crippen MR) is 138 cm³/mol. The van der Waals surface area contributed by atoms with Crippen LogP contribution in [0.15, 0.2) is 79.0 Å². The van der Waals surface area contributed by atoms with E-state index in [9.17, 15) is 9.90 Å². The monoisotopic (exact) mass is 494 g/mol. The van der Waals surface area contributed by atoms with Crippen LogP contribution in [-0.2, 0) is 4.79 Å². The van der Waals surface area contributed by atoms with E-state index in [4.69, 9.17) is 27.9 Å². The molecule has 5 nitrogen and oxygen atoms in total. The topological polar surface area (TPSA) is 64.3 Å². The lowest BCUT2D eigenvalue weighted by Crippen LogP contribution is -2.00. The summed E-state index contributed by atoms with van der Waals surface area (Å²) in [4.78, 5) is 11.6. The molecule has 1 N–H and O–H groups in total. The Morgan fingerprint density at radius 2 is 1.65 bits per heavy atom. The van der Waals surface area contributed by atoms with Crippen LogP contribution in [0.1, 0.15) is 22.4 Å². The summed E-state index contributed by atoms with van der Waals surface area (Å²) in [6.45, 7) is 3.91. The quantitative estimate of drug-likeness (QED) is 0.300. The zero-order chi connectivity index (χ0) is 24.7. The molecule has 0 aliphatic carbocycles. The van der Waals surface area contributed by atoms with E-state index < -0.39 is 5.97 Å². The lowest BCUT2D eigenvalue weighted by Gasteiger charge is -2.04. The van der Waals surface area contributed by atoms with Gasteiger partial charge in [0.25, 0.3) is 0 Å². The first kappa shape index (κ1) is 25.1. The standard InChI is InChI=1S/C20H18N2O3.C7H6Cl2/c1-14-4-3-5-15(12-14)19(20(23)24)13-16-10-11-22(21-16)17-6-8-18(25-2)9-7-17;1-5-2-3-6(8)7(9)4-5/h3-13H,1-2H3,(H,23,24);2-4H,1H3/b19-13-;. The molecule has 0 saturated heterocycles. The van der Waals surface area contributed by atoms with E-state index in [0.717, 1.165) is 22.6 Å². The number of aliphatic carboxylic acids is 1. The Bertz CT molecular complexity index is 1310. The maximum atomic E-state index is 11.6. The van der Waals surface area contributed by atoms with Crippen LogP contribution in [0.4, 0.5) is 0 Å². The van der Waals surface area contributed by atoms with Crippen molar-refractivity contribution < 1.29 is 14.6 Å². The van der Waals surface area contributed by atoms with Crippen LogP contribution >= 0.6 is 23.2 Å². The van der Waals surface area contributed by atoms with Crippen molar-refractivity contribution in [1.29, 1.82) is 0 Å². The molecule has 0 aliphatic rings. The van der Waals surface area contributed by atoms with Crippen molar-refractivity contribution in [2.24, 2.45) is 0 Å². The van der Waals surface area contributed by atoms with Crippen LogP contribution in [0.2, 0.25) is 10.0 Å². The number of ether oxygens (including phenoxy) is 1. The lowest BCUT2D eigenvalue weighted by atomic mass is 10.0. The van der Waals surface area contributed by atoms with Crippen LogP contribution in [0.5, 0.6) is 5.75 Å². The molecule has 0 aliphatic heterocycles. The minimum atomic E-state index is -0.982. The number of halogens is 2. The van der Waals surface area contributed by atoms with Gasteiger partial charge in [0.15, 0.2) is 0 Å². The van der Waals surface area contributed by atoms with Gasteiger partial charge in [-0.1, -0.05) is 59.1 Å². The number of nitrogens with zero attached hydrogens (tertiary/aromatic N) is 2. The van der Waals surface area contributed by atoms with Crippen LogP contribution in [0, 0.1) is 13.8 Å². The summed E-state index contributed by atoms with van der Waals surface area (Å²) >= 11 is 11.3. The lowest BCUT2D eigenvalue weighted by molar-refractivity contribution is -0.130. The summed E-state index contributed by atoms with van der Waals surface area (Å²) < 4.78 is 6.84. The fraction of sp³-hybridized carbons (Fsp3) is 0.111. The molecule has 0 bridgehead atoms. The average molecular weight is 495 g/mol. The van der Waals surface area contributed by atoms with Crippen LogP contribution in [0.25, 0.3) is 17.3 Å². The van der Waals surface area contributed by atoms with Crippen molar-refractivity contribution in [3.05, 3.63) is 111 Å². The number of hydrogen-bond donors (Lipinski definition) is 1. The van der Waals surface area contributed by atoms with Crippen molar-refractivity contribution in [2.45, 2.75) is 13.8 Å². The minimum Gasteiger partial charge on any atom is -0.497 e. The molecule has 1 heterocycles. The van der Waals surface area contributed by atoms with E-state index >= 15 is 0 Å². The molecule has 0 atom stereocenters. The molecule has 34 heavy (non-hydrogen) atoms. The van der Waals surface area contributed by atoms with Gasteiger partial charge in [0.1, 0.15) is 5.75 Å². The summed E-state index contributed by atoms with van der Waals surface area (Å²) in [5.41, 5.74) is 4.45. The third kappa shape index (κ3) is 6.73. The number of hydrogen-bond acceptors (Lipinski definition) is 3. The van der Waals surface area contributed by atoms with Gasteiger partial charge in [0.2, 0.25) is 0 Å². The van der Waals surface area contributed by atoms with E-state index in [1.807, 2.05) is 68.4 Å². The van der Waals surface area contributed by atoms with Crippen LogP contribution in [0.3, 0.4) is 0 Å². The minimum absolute atomic E-state index is 0.212. The molecule has 0 saturated carbocycles. The summed E-state index contributed by atoms with van der Waals surface area (Å²) in [5.74, 6) is -0.215. The maximum absolute atomic E-state index is 11.6. The number of aromatic nitrogens is 2. The number of rotatable bonds is 5. The Hall–Kier alpha value is -3.54. The highest BCUT2D eigenvalue weighted by molar-refractivity contribution is 6.42. The molecule has 0 radical (unpaired) electrons. The van der Waals surface area contributed by atoms with E-state index in [2.05, 4.69) is 5.10 Å². The zero-order valence-corrected chi connectivity index (χ0v) is 20.5. The van der Waals surface area contributed by atoms with Gasteiger partial charge in [-0.3, -0.25) is 0 Å². The number of aryl methyl sites for hydroxylation is 2. The highest BCUT2D eigenvalue weighted by Gasteiger charge is 2.12. The molecule has 4 aromatic rings. The van der Waals surface area contributed by atoms with Gasteiger partial charge in [-0.15, -0.1) is 0 Å². The molecular weight excluding hydrogens is 471 g/mol. The molecular formula is C27H24Cl2N2O3.